The number of aromatic nitrogens is 1. The summed E-state index contributed by atoms with van der Waals surface area (Å²) >= 11 is 0. The Morgan fingerprint density at radius 1 is 1.25 bits per heavy atom. The average molecular weight is 274 g/mol. The number of hydrogen-bond donors (Lipinski definition) is 2. The highest BCUT2D eigenvalue weighted by Gasteiger charge is 2.08. The van der Waals surface area contributed by atoms with Crippen molar-refractivity contribution in [3.8, 4) is 11.5 Å². The molecule has 0 radical (unpaired) electrons. The fourth-order valence-corrected chi connectivity index (χ4v) is 2.21. The lowest BCUT2D eigenvalue weighted by Crippen LogP contribution is -2.23. The molecule has 2 aromatic rings. The molecule has 0 fully saturated rings. The SMILES string of the molecule is CC(O)CC(C)CNCc1coc(-c2ccccc2)n1. The Bertz CT molecular complexity index is 508. The summed E-state index contributed by atoms with van der Waals surface area (Å²) in [6.07, 6.45) is 2.25. The smallest absolute Gasteiger partial charge is 0.226 e. The van der Waals surface area contributed by atoms with Crippen molar-refractivity contribution in [2.75, 3.05) is 6.54 Å². The Morgan fingerprint density at radius 2 is 2.00 bits per heavy atom. The second-order valence-electron chi connectivity index (χ2n) is 5.33. The maximum Gasteiger partial charge on any atom is 0.226 e. The van der Waals surface area contributed by atoms with Crippen LogP contribution in [-0.4, -0.2) is 22.7 Å². The van der Waals surface area contributed by atoms with Crippen LogP contribution in [0.2, 0.25) is 0 Å². The predicted octanol–water partition coefficient (Wildman–Crippen LogP) is 2.84. The molecule has 1 aromatic carbocycles. The van der Waals surface area contributed by atoms with Gasteiger partial charge >= 0.3 is 0 Å². The van der Waals surface area contributed by atoms with Gasteiger partial charge in [0, 0.05) is 12.1 Å². The van der Waals surface area contributed by atoms with Crippen LogP contribution >= 0.6 is 0 Å². The van der Waals surface area contributed by atoms with E-state index in [-0.39, 0.29) is 6.10 Å². The molecule has 2 N–H and O–H groups in total. The molecule has 0 aliphatic carbocycles. The zero-order valence-corrected chi connectivity index (χ0v) is 12.0. The first kappa shape index (κ1) is 14.8. The lowest BCUT2D eigenvalue weighted by atomic mass is 10.1. The molecule has 1 heterocycles. The molecule has 4 heteroatoms. The fraction of sp³-hybridized carbons (Fsp3) is 0.438. The van der Waals surface area contributed by atoms with Crippen LogP contribution in [0, 0.1) is 5.92 Å². The molecule has 108 valence electrons. The minimum absolute atomic E-state index is 0.247. The lowest BCUT2D eigenvalue weighted by Gasteiger charge is -2.13. The molecule has 2 unspecified atom stereocenters. The molecular formula is C16H22N2O2. The summed E-state index contributed by atoms with van der Waals surface area (Å²) in [6.45, 7) is 5.48. The number of aliphatic hydroxyl groups excluding tert-OH is 1. The van der Waals surface area contributed by atoms with Crippen LogP contribution in [-0.2, 0) is 6.54 Å². The lowest BCUT2D eigenvalue weighted by molar-refractivity contribution is 0.163. The number of nitrogens with zero attached hydrogens (tertiary/aromatic N) is 1. The van der Waals surface area contributed by atoms with Crippen molar-refractivity contribution in [2.45, 2.75) is 32.9 Å². The highest BCUT2D eigenvalue weighted by Crippen LogP contribution is 2.17. The second-order valence-corrected chi connectivity index (χ2v) is 5.33. The summed E-state index contributed by atoms with van der Waals surface area (Å²) in [5, 5.41) is 12.7. The Labute approximate surface area is 119 Å². The summed E-state index contributed by atoms with van der Waals surface area (Å²) in [5.41, 5.74) is 1.88. The summed E-state index contributed by atoms with van der Waals surface area (Å²) in [7, 11) is 0. The van der Waals surface area contributed by atoms with Crippen molar-refractivity contribution in [3.63, 3.8) is 0 Å². The fourth-order valence-electron chi connectivity index (χ4n) is 2.21. The number of oxazole rings is 1. The third-order valence-corrected chi connectivity index (χ3v) is 3.11. The molecule has 1 aromatic heterocycles. The van der Waals surface area contributed by atoms with Crippen molar-refractivity contribution in [2.24, 2.45) is 5.92 Å². The van der Waals surface area contributed by atoms with Crippen molar-refractivity contribution >= 4 is 0 Å². The molecule has 0 aliphatic rings. The number of aliphatic hydroxyl groups is 1. The Balaban J connectivity index is 1.82. The summed E-state index contributed by atoms with van der Waals surface area (Å²) < 4.78 is 5.48. The van der Waals surface area contributed by atoms with Gasteiger partial charge in [0.25, 0.3) is 0 Å². The normalized spacial score (nSPS) is 14.2. The van der Waals surface area contributed by atoms with Crippen LogP contribution in [0.3, 0.4) is 0 Å². The van der Waals surface area contributed by atoms with Gasteiger partial charge in [0.15, 0.2) is 0 Å². The van der Waals surface area contributed by atoms with Gasteiger partial charge in [-0.15, -0.1) is 0 Å². The van der Waals surface area contributed by atoms with Crippen LogP contribution in [0.4, 0.5) is 0 Å². The van der Waals surface area contributed by atoms with E-state index in [4.69, 9.17) is 4.42 Å². The van der Waals surface area contributed by atoms with E-state index in [9.17, 15) is 5.11 Å². The van der Waals surface area contributed by atoms with Crippen LogP contribution in [0.1, 0.15) is 26.0 Å². The van der Waals surface area contributed by atoms with E-state index in [2.05, 4.69) is 17.2 Å². The zero-order valence-electron chi connectivity index (χ0n) is 12.0. The largest absolute Gasteiger partial charge is 0.444 e. The standard InChI is InChI=1S/C16H22N2O2/c1-12(8-13(2)19)9-17-10-15-11-20-16(18-15)14-6-4-3-5-7-14/h3-7,11-13,17,19H,8-10H2,1-2H3. The van der Waals surface area contributed by atoms with E-state index in [1.807, 2.05) is 37.3 Å². The monoisotopic (exact) mass is 274 g/mol. The van der Waals surface area contributed by atoms with E-state index < -0.39 is 0 Å². The van der Waals surface area contributed by atoms with Crippen molar-refractivity contribution in [1.29, 1.82) is 0 Å². The van der Waals surface area contributed by atoms with Gasteiger partial charge in [0.05, 0.1) is 11.8 Å². The van der Waals surface area contributed by atoms with E-state index >= 15 is 0 Å². The number of rotatable bonds is 7. The summed E-state index contributed by atoms with van der Waals surface area (Å²) in [5.74, 6) is 1.09. The van der Waals surface area contributed by atoms with Gasteiger partial charge in [-0.25, -0.2) is 4.98 Å². The third kappa shape index (κ3) is 4.47. The van der Waals surface area contributed by atoms with Gasteiger partial charge in [0.2, 0.25) is 5.89 Å². The highest BCUT2D eigenvalue weighted by molar-refractivity contribution is 5.52. The van der Waals surface area contributed by atoms with Gasteiger partial charge < -0.3 is 14.8 Å². The molecule has 2 rings (SSSR count). The van der Waals surface area contributed by atoms with Gasteiger partial charge in [-0.2, -0.15) is 0 Å². The van der Waals surface area contributed by atoms with Crippen LogP contribution in [0.5, 0.6) is 0 Å². The number of benzene rings is 1. The molecular weight excluding hydrogens is 252 g/mol. The first-order valence-corrected chi connectivity index (χ1v) is 7.03. The van der Waals surface area contributed by atoms with Gasteiger partial charge in [-0.1, -0.05) is 25.1 Å². The summed E-state index contributed by atoms with van der Waals surface area (Å²) in [4.78, 5) is 4.46. The molecule has 0 spiro atoms. The van der Waals surface area contributed by atoms with Crippen molar-refractivity contribution in [1.82, 2.24) is 10.3 Å². The van der Waals surface area contributed by atoms with Gasteiger partial charge in [-0.05, 0) is 37.9 Å². The van der Waals surface area contributed by atoms with Crippen LogP contribution in [0.15, 0.2) is 41.0 Å². The Hall–Kier alpha value is -1.65. The van der Waals surface area contributed by atoms with Crippen molar-refractivity contribution in [3.05, 3.63) is 42.3 Å². The van der Waals surface area contributed by atoms with E-state index in [1.54, 1.807) is 6.26 Å². The number of nitrogens with one attached hydrogen (secondary N) is 1. The highest BCUT2D eigenvalue weighted by atomic mass is 16.3. The van der Waals surface area contributed by atoms with E-state index in [1.165, 1.54) is 0 Å². The average Bonchev–Trinajstić information content (AvgIpc) is 2.88. The van der Waals surface area contributed by atoms with Crippen molar-refractivity contribution < 1.29 is 9.52 Å². The minimum Gasteiger partial charge on any atom is -0.444 e. The first-order valence-electron chi connectivity index (χ1n) is 7.03. The Morgan fingerprint density at radius 3 is 2.70 bits per heavy atom. The number of hydrogen-bond acceptors (Lipinski definition) is 4. The Kier molecular flexibility index (Phi) is 5.32. The van der Waals surface area contributed by atoms with Gasteiger partial charge in [-0.3, -0.25) is 0 Å². The minimum atomic E-state index is -0.247. The quantitative estimate of drug-likeness (QED) is 0.815. The van der Waals surface area contributed by atoms with E-state index in [0.717, 1.165) is 24.2 Å². The molecule has 0 saturated carbocycles. The topological polar surface area (TPSA) is 58.3 Å². The summed E-state index contributed by atoms with van der Waals surface area (Å²) in [6, 6.07) is 9.87. The predicted molar refractivity (Wildman–Crippen MR) is 79.1 cm³/mol. The second kappa shape index (κ2) is 7.22. The zero-order chi connectivity index (χ0) is 14.4. The first-order chi connectivity index (χ1) is 9.65. The molecule has 0 amide bonds. The van der Waals surface area contributed by atoms with Crippen LogP contribution < -0.4 is 5.32 Å². The molecule has 4 nitrogen and oxygen atoms in total. The van der Waals surface area contributed by atoms with Crippen LogP contribution in [0.25, 0.3) is 11.5 Å². The molecule has 0 aliphatic heterocycles. The molecule has 20 heavy (non-hydrogen) atoms. The molecule has 0 saturated heterocycles. The third-order valence-electron chi connectivity index (χ3n) is 3.11. The maximum absolute atomic E-state index is 9.31. The molecule has 0 bridgehead atoms. The maximum atomic E-state index is 9.31. The van der Waals surface area contributed by atoms with Gasteiger partial charge in [0.1, 0.15) is 6.26 Å². The molecule has 2 atom stereocenters. The van der Waals surface area contributed by atoms with E-state index in [0.29, 0.717) is 18.4 Å².